The van der Waals surface area contributed by atoms with E-state index in [1.807, 2.05) is 24.3 Å². The molecule has 5 heteroatoms. The molecule has 122 valence electrons. The number of amides is 1. The molecule has 1 aromatic carbocycles. The molecule has 1 amide bonds. The Morgan fingerprint density at radius 3 is 2.82 bits per heavy atom. The lowest BCUT2D eigenvalue weighted by Gasteiger charge is -2.22. The minimum Gasteiger partial charge on any atom is -0.491 e. The fraction of sp³-hybridized carbons (Fsp3) is 0.588. The van der Waals surface area contributed by atoms with Gasteiger partial charge in [0.2, 0.25) is 5.91 Å². The van der Waals surface area contributed by atoms with Gasteiger partial charge in [0.05, 0.1) is 13.2 Å². The maximum Gasteiger partial charge on any atom is 0.239 e. The van der Waals surface area contributed by atoms with Crippen LogP contribution in [0.2, 0.25) is 0 Å². The van der Waals surface area contributed by atoms with E-state index in [0.29, 0.717) is 19.3 Å². The first kappa shape index (κ1) is 16.6. The molecule has 0 spiro atoms. The van der Waals surface area contributed by atoms with Crippen molar-refractivity contribution in [2.45, 2.75) is 38.1 Å². The van der Waals surface area contributed by atoms with Crippen molar-refractivity contribution in [2.24, 2.45) is 0 Å². The minimum absolute atomic E-state index is 0.0533. The van der Waals surface area contributed by atoms with Crippen molar-refractivity contribution in [3.63, 3.8) is 0 Å². The molecule has 0 heterocycles. The Morgan fingerprint density at radius 2 is 2.05 bits per heavy atom. The van der Waals surface area contributed by atoms with Gasteiger partial charge in [-0.05, 0) is 25.0 Å². The summed E-state index contributed by atoms with van der Waals surface area (Å²) in [6.07, 6.45) is 5.95. The lowest BCUT2D eigenvalue weighted by atomic mass is 9.95. The lowest BCUT2D eigenvalue weighted by Crippen LogP contribution is -2.39. The van der Waals surface area contributed by atoms with E-state index in [1.54, 1.807) is 7.11 Å². The molecule has 22 heavy (non-hydrogen) atoms. The van der Waals surface area contributed by atoms with Gasteiger partial charge in [0.1, 0.15) is 12.4 Å². The van der Waals surface area contributed by atoms with Gasteiger partial charge in [0, 0.05) is 24.9 Å². The zero-order chi connectivity index (χ0) is 15.6. The van der Waals surface area contributed by atoms with Crippen molar-refractivity contribution in [2.75, 3.05) is 32.2 Å². The molecule has 2 rings (SSSR count). The van der Waals surface area contributed by atoms with Crippen molar-refractivity contribution in [1.29, 1.82) is 0 Å². The summed E-state index contributed by atoms with van der Waals surface area (Å²) in [5, 5.41) is 6.24. The first-order valence-corrected chi connectivity index (χ1v) is 8.03. The fourth-order valence-electron chi connectivity index (χ4n) is 2.65. The molecule has 0 bridgehead atoms. The molecule has 1 aromatic rings. The van der Waals surface area contributed by atoms with E-state index in [4.69, 9.17) is 9.47 Å². The summed E-state index contributed by atoms with van der Waals surface area (Å²) in [6.45, 7) is 1.36. The van der Waals surface area contributed by atoms with Crippen LogP contribution in [0, 0.1) is 0 Å². The van der Waals surface area contributed by atoms with E-state index in [-0.39, 0.29) is 12.5 Å². The van der Waals surface area contributed by atoms with Gasteiger partial charge in [0.25, 0.3) is 0 Å². The third-order valence-corrected chi connectivity index (χ3v) is 3.81. The van der Waals surface area contributed by atoms with E-state index in [1.165, 1.54) is 19.3 Å². The Kier molecular flexibility index (Phi) is 7.03. The minimum atomic E-state index is 0.0533. The quantitative estimate of drug-likeness (QED) is 0.725. The first-order chi connectivity index (χ1) is 10.8. The molecule has 1 aliphatic rings. The van der Waals surface area contributed by atoms with Gasteiger partial charge < -0.3 is 20.1 Å². The van der Waals surface area contributed by atoms with Gasteiger partial charge in [-0.25, -0.2) is 0 Å². The van der Waals surface area contributed by atoms with Crippen LogP contribution in [0.15, 0.2) is 24.3 Å². The maximum absolute atomic E-state index is 12.0. The molecule has 1 saturated carbocycles. The standard InChI is InChI=1S/C17H26N2O3/c1-21-10-11-22-16-9-5-8-15(12-16)18-13-17(20)19-14-6-3-2-4-7-14/h5,8-9,12,14,18H,2-4,6-7,10-11,13H2,1H3,(H,19,20). The Balaban J connectivity index is 1.73. The van der Waals surface area contributed by atoms with Crippen LogP contribution in [0.3, 0.4) is 0 Å². The largest absolute Gasteiger partial charge is 0.491 e. The number of rotatable bonds is 8. The van der Waals surface area contributed by atoms with Crippen molar-refractivity contribution in [3.8, 4) is 5.75 Å². The molecular weight excluding hydrogens is 280 g/mol. The number of anilines is 1. The third kappa shape index (κ3) is 5.93. The summed E-state index contributed by atoms with van der Waals surface area (Å²) in [4.78, 5) is 12.0. The molecule has 0 radical (unpaired) electrons. The molecule has 2 N–H and O–H groups in total. The number of methoxy groups -OCH3 is 1. The fourth-order valence-corrected chi connectivity index (χ4v) is 2.65. The SMILES string of the molecule is COCCOc1cccc(NCC(=O)NC2CCCCC2)c1. The van der Waals surface area contributed by atoms with E-state index < -0.39 is 0 Å². The Hall–Kier alpha value is -1.75. The van der Waals surface area contributed by atoms with Crippen molar-refractivity contribution in [3.05, 3.63) is 24.3 Å². The maximum atomic E-state index is 12.0. The second-order valence-electron chi connectivity index (χ2n) is 5.63. The average molecular weight is 306 g/mol. The van der Waals surface area contributed by atoms with E-state index in [9.17, 15) is 4.79 Å². The topological polar surface area (TPSA) is 59.6 Å². The molecule has 0 aliphatic heterocycles. The molecule has 1 aliphatic carbocycles. The van der Waals surface area contributed by atoms with Crippen molar-refractivity contribution in [1.82, 2.24) is 5.32 Å². The molecule has 0 atom stereocenters. The van der Waals surface area contributed by atoms with Gasteiger partial charge in [-0.15, -0.1) is 0 Å². The Labute approximate surface area is 132 Å². The van der Waals surface area contributed by atoms with Crippen molar-refractivity contribution < 1.29 is 14.3 Å². The van der Waals surface area contributed by atoms with E-state index >= 15 is 0 Å². The number of carbonyl (C=O) groups excluding carboxylic acids is 1. The van der Waals surface area contributed by atoms with Gasteiger partial charge in [-0.2, -0.15) is 0 Å². The van der Waals surface area contributed by atoms with E-state index in [2.05, 4.69) is 10.6 Å². The van der Waals surface area contributed by atoms with Gasteiger partial charge in [-0.3, -0.25) is 4.79 Å². The number of nitrogens with one attached hydrogen (secondary N) is 2. The Morgan fingerprint density at radius 1 is 1.23 bits per heavy atom. The third-order valence-electron chi connectivity index (χ3n) is 3.81. The van der Waals surface area contributed by atoms with Crippen molar-refractivity contribution >= 4 is 11.6 Å². The van der Waals surface area contributed by atoms with Gasteiger partial charge >= 0.3 is 0 Å². The van der Waals surface area contributed by atoms with Gasteiger partial charge in [0.15, 0.2) is 0 Å². The summed E-state index contributed by atoms with van der Waals surface area (Å²) in [5.74, 6) is 0.826. The number of benzene rings is 1. The van der Waals surface area contributed by atoms with E-state index in [0.717, 1.165) is 24.3 Å². The molecule has 0 saturated heterocycles. The van der Waals surface area contributed by atoms with Gasteiger partial charge in [-0.1, -0.05) is 25.3 Å². The van der Waals surface area contributed by atoms with Crippen LogP contribution in [0.5, 0.6) is 5.75 Å². The number of hydrogen-bond acceptors (Lipinski definition) is 4. The normalized spacial score (nSPS) is 15.3. The van der Waals surface area contributed by atoms with Crippen LogP contribution in [0.1, 0.15) is 32.1 Å². The van der Waals surface area contributed by atoms with Crippen LogP contribution in [-0.4, -0.2) is 38.8 Å². The molecule has 0 unspecified atom stereocenters. The summed E-state index contributed by atoms with van der Waals surface area (Å²) in [7, 11) is 1.65. The number of ether oxygens (including phenoxy) is 2. The first-order valence-electron chi connectivity index (χ1n) is 8.03. The molecule has 5 nitrogen and oxygen atoms in total. The zero-order valence-corrected chi connectivity index (χ0v) is 13.3. The summed E-state index contributed by atoms with van der Waals surface area (Å²) in [6, 6.07) is 7.97. The predicted octanol–water partition coefficient (Wildman–Crippen LogP) is 2.57. The zero-order valence-electron chi connectivity index (χ0n) is 13.3. The molecular formula is C17H26N2O3. The van der Waals surface area contributed by atoms with Crippen LogP contribution in [0.4, 0.5) is 5.69 Å². The summed E-state index contributed by atoms with van der Waals surface area (Å²) >= 11 is 0. The number of carbonyl (C=O) groups is 1. The highest BCUT2D eigenvalue weighted by molar-refractivity contribution is 5.81. The predicted molar refractivity (Wildman–Crippen MR) is 87.3 cm³/mol. The lowest BCUT2D eigenvalue weighted by molar-refractivity contribution is -0.120. The highest BCUT2D eigenvalue weighted by atomic mass is 16.5. The molecule has 0 aromatic heterocycles. The van der Waals surface area contributed by atoms with Crippen LogP contribution >= 0.6 is 0 Å². The second kappa shape index (κ2) is 9.30. The van der Waals surface area contributed by atoms with Crippen LogP contribution < -0.4 is 15.4 Å². The highest BCUT2D eigenvalue weighted by Gasteiger charge is 2.15. The summed E-state index contributed by atoms with van der Waals surface area (Å²) < 4.78 is 10.5. The summed E-state index contributed by atoms with van der Waals surface area (Å²) in [5.41, 5.74) is 0.883. The van der Waals surface area contributed by atoms with Crippen LogP contribution in [-0.2, 0) is 9.53 Å². The molecule has 1 fully saturated rings. The smallest absolute Gasteiger partial charge is 0.239 e. The second-order valence-corrected chi connectivity index (χ2v) is 5.63. The number of hydrogen-bond donors (Lipinski definition) is 2. The average Bonchev–Trinajstić information content (AvgIpc) is 2.55. The highest BCUT2D eigenvalue weighted by Crippen LogP contribution is 2.18. The van der Waals surface area contributed by atoms with Crippen LogP contribution in [0.25, 0.3) is 0 Å². The Bertz CT molecular complexity index is 459. The monoisotopic (exact) mass is 306 g/mol.